The van der Waals surface area contributed by atoms with Crippen LogP contribution < -0.4 is 9.62 Å². The van der Waals surface area contributed by atoms with E-state index in [0.717, 1.165) is 59.4 Å². The Morgan fingerprint density at radius 1 is 0.930 bits per heavy atom. The number of carbonyl (C=O) groups is 2. The second-order valence-corrected chi connectivity index (χ2v) is 14.1. The molecule has 1 N–H and O–H groups in total. The molecule has 0 radical (unpaired) electrons. The Hall–Kier alpha value is -3.07. The first-order chi connectivity index (χ1) is 20.4. The van der Waals surface area contributed by atoms with Gasteiger partial charge in [0.1, 0.15) is 12.6 Å². The summed E-state index contributed by atoms with van der Waals surface area (Å²) in [6.45, 7) is 3.14. The lowest BCUT2D eigenvalue weighted by molar-refractivity contribution is -0.140. The normalized spacial score (nSPS) is 14.6. The summed E-state index contributed by atoms with van der Waals surface area (Å²) < 4.78 is 27.4. The summed E-state index contributed by atoms with van der Waals surface area (Å²) in [6.07, 6.45) is 6.32. The fourth-order valence-electron chi connectivity index (χ4n) is 5.71. The highest BCUT2D eigenvalue weighted by molar-refractivity contribution is 7.92. The lowest BCUT2D eigenvalue weighted by Gasteiger charge is -2.35. The molecular weight excluding hydrogens is 605 g/mol. The van der Waals surface area contributed by atoms with Gasteiger partial charge in [0.2, 0.25) is 21.8 Å². The Morgan fingerprint density at radius 2 is 1.58 bits per heavy atom. The number of nitrogens with zero attached hydrogens (tertiary/aromatic N) is 2. The topological polar surface area (TPSA) is 86.8 Å². The van der Waals surface area contributed by atoms with Gasteiger partial charge in [-0.05, 0) is 61.1 Å². The fourth-order valence-corrected chi connectivity index (χ4v) is 7.14. The maximum Gasteiger partial charge on any atom is 0.244 e. The molecule has 7 nitrogen and oxygen atoms in total. The van der Waals surface area contributed by atoms with Gasteiger partial charge in [-0.25, -0.2) is 8.42 Å². The monoisotopic (exact) mass is 643 g/mol. The average molecular weight is 645 g/mol. The minimum atomic E-state index is -3.86. The molecule has 230 valence electrons. The van der Waals surface area contributed by atoms with Crippen LogP contribution in [0.25, 0.3) is 0 Å². The van der Waals surface area contributed by atoms with E-state index in [1.54, 1.807) is 18.2 Å². The van der Waals surface area contributed by atoms with Crippen molar-refractivity contribution >= 4 is 50.7 Å². The molecule has 3 aromatic carbocycles. The quantitative estimate of drug-likeness (QED) is 0.260. The van der Waals surface area contributed by atoms with Gasteiger partial charge in [-0.1, -0.05) is 97.1 Å². The molecule has 1 unspecified atom stereocenters. The van der Waals surface area contributed by atoms with Crippen molar-refractivity contribution in [3.05, 3.63) is 99.0 Å². The van der Waals surface area contributed by atoms with Gasteiger partial charge < -0.3 is 10.2 Å². The Labute approximate surface area is 265 Å². The van der Waals surface area contributed by atoms with E-state index in [4.69, 9.17) is 23.2 Å². The lowest BCUT2D eigenvalue weighted by Crippen LogP contribution is -2.55. The molecule has 1 saturated carbocycles. The summed E-state index contributed by atoms with van der Waals surface area (Å²) >= 11 is 12.7. The molecule has 1 fully saturated rings. The number of nitrogens with one attached hydrogen (secondary N) is 1. The zero-order chi connectivity index (χ0) is 31.1. The van der Waals surface area contributed by atoms with Crippen LogP contribution in [0.4, 0.5) is 5.69 Å². The summed E-state index contributed by atoms with van der Waals surface area (Å²) in [6, 6.07) is 19.1. The molecule has 2 amide bonds. The molecular formula is C33H39Cl2N3O4S. The van der Waals surface area contributed by atoms with Crippen LogP contribution in [0.15, 0.2) is 66.7 Å². The van der Waals surface area contributed by atoms with E-state index in [1.165, 1.54) is 4.90 Å². The van der Waals surface area contributed by atoms with Crippen molar-refractivity contribution in [1.29, 1.82) is 0 Å². The van der Waals surface area contributed by atoms with Gasteiger partial charge in [0.15, 0.2) is 0 Å². The largest absolute Gasteiger partial charge is 0.352 e. The SMILES string of the molecule is Cc1cccc(C)c1N(CC(=O)N(Cc1ccc(Cl)cc1Cl)C(Cc1ccccc1)C(=O)NC1CCCCC1)S(C)(=O)=O. The highest BCUT2D eigenvalue weighted by Crippen LogP contribution is 2.29. The third kappa shape index (κ3) is 8.74. The Balaban J connectivity index is 1.77. The molecule has 10 heteroatoms. The third-order valence-electron chi connectivity index (χ3n) is 7.95. The van der Waals surface area contributed by atoms with Crippen LogP contribution in [0.1, 0.15) is 54.4 Å². The molecule has 4 rings (SSSR count). The number of rotatable bonds is 11. The number of para-hydroxylation sites is 1. The van der Waals surface area contributed by atoms with Crippen molar-refractivity contribution in [2.24, 2.45) is 0 Å². The first-order valence-electron chi connectivity index (χ1n) is 14.6. The zero-order valence-corrected chi connectivity index (χ0v) is 27.2. The van der Waals surface area contributed by atoms with Crippen molar-refractivity contribution in [2.75, 3.05) is 17.1 Å². The first-order valence-corrected chi connectivity index (χ1v) is 17.2. The van der Waals surface area contributed by atoms with Gasteiger partial charge >= 0.3 is 0 Å². The Kier molecular flexibility index (Phi) is 11.2. The number of halogens is 2. The van der Waals surface area contributed by atoms with E-state index < -0.39 is 28.5 Å². The predicted octanol–water partition coefficient (Wildman–Crippen LogP) is 6.47. The van der Waals surface area contributed by atoms with Crippen LogP contribution >= 0.6 is 23.2 Å². The smallest absolute Gasteiger partial charge is 0.244 e. The van der Waals surface area contributed by atoms with Crippen LogP contribution in [0, 0.1) is 13.8 Å². The first kappa shape index (κ1) is 32.8. The molecule has 0 saturated heterocycles. The summed E-state index contributed by atoms with van der Waals surface area (Å²) in [5.74, 6) is -0.786. The standard InChI is InChI=1S/C33H39Cl2N3O4S/c1-23-11-10-12-24(2)32(23)38(43(3,41)42)22-31(39)37(21-26-17-18-27(34)20-29(26)35)30(19-25-13-6-4-7-14-25)33(40)36-28-15-8-5-9-16-28/h4,6-7,10-14,17-18,20,28,30H,5,8-9,15-16,19,21-22H2,1-3H3,(H,36,40). The molecule has 1 aliphatic rings. The molecule has 43 heavy (non-hydrogen) atoms. The minimum Gasteiger partial charge on any atom is -0.352 e. The summed E-state index contributed by atoms with van der Waals surface area (Å²) in [7, 11) is -3.86. The molecule has 0 aliphatic heterocycles. The van der Waals surface area contributed by atoms with E-state index in [-0.39, 0.29) is 24.9 Å². The average Bonchev–Trinajstić information content (AvgIpc) is 2.95. The molecule has 0 aromatic heterocycles. The number of hydrogen-bond donors (Lipinski definition) is 1. The number of amides is 2. The van der Waals surface area contributed by atoms with Crippen molar-refractivity contribution in [2.45, 2.75) is 71.0 Å². The van der Waals surface area contributed by atoms with E-state index in [1.807, 2.05) is 62.4 Å². The van der Waals surface area contributed by atoms with Crippen LogP contribution in [0.5, 0.6) is 0 Å². The van der Waals surface area contributed by atoms with E-state index >= 15 is 0 Å². The number of sulfonamides is 1. The van der Waals surface area contributed by atoms with Gasteiger partial charge in [0.25, 0.3) is 0 Å². The maximum absolute atomic E-state index is 14.4. The second-order valence-electron chi connectivity index (χ2n) is 11.3. The van der Waals surface area contributed by atoms with Gasteiger partial charge in [-0.2, -0.15) is 0 Å². The van der Waals surface area contributed by atoms with Crippen LogP contribution in [0.2, 0.25) is 10.0 Å². The Bertz CT molecular complexity index is 1520. The third-order valence-corrected chi connectivity index (χ3v) is 9.65. The number of anilines is 1. The molecule has 1 atom stereocenters. The van der Waals surface area contributed by atoms with Crippen molar-refractivity contribution in [3.8, 4) is 0 Å². The van der Waals surface area contributed by atoms with Crippen LogP contribution in [-0.4, -0.2) is 50.0 Å². The highest BCUT2D eigenvalue weighted by Gasteiger charge is 2.35. The predicted molar refractivity (Wildman–Crippen MR) is 174 cm³/mol. The summed E-state index contributed by atoms with van der Waals surface area (Å²) in [4.78, 5) is 29.9. The van der Waals surface area contributed by atoms with Gasteiger partial charge in [0.05, 0.1) is 11.9 Å². The van der Waals surface area contributed by atoms with Crippen molar-refractivity contribution in [1.82, 2.24) is 10.2 Å². The fraction of sp³-hybridized carbons (Fsp3) is 0.394. The van der Waals surface area contributed by atoms with Crippen molar-refractivity contribution in [3.63, 3.8) is 0 Å². The molecule has 0 spiro atoms. The van der Waals surface area contributed by atoms with Crippen LogP contribution in [0.3, 0.4) is 0 Å². The maximum atomic E-state index is 14.4. The minimum absolute atomic E-state index is 0.00518. The van der Waals surface area contributed by atoms with Crippen molar-refractivity contribution < 1.29 is 18.0 Å². The van der Waals surface area contributed by atoms with E-state index in [9.17, 15) is 18.0 Å². The molecule has 3 aromatic rings. The molecule has 1 aliphatic carbocycles. The summed E-state index contributed by atoms with van der Waals surface area (Å²) in [5, 5.41) is 4.00. The zero-order valence-electron chi connectivity index (χ0n) is 24.9. The lowest BCUT2D eigenvalue weighted by atomic mass is 9.94. The number of hydrogen-bond acceptors (Lipinski definition) is 4. The van der Waals surface area contributed by atoms with E-state index in [0.29, 0.717) is 21.3 Å². The second kappa shape index (κ2) is 14.6. The van der Waals surface area contributed by atoms with Gasteiger partial charge in [-0.15, -0.1) is 0 Å². The number of benzene rings is 3. The van der Waals surface area contributed by atoms with E-state index in [2.05, 4.69) is 5.32 Å². The molecule has 0 heterocycles. The molecule has 0 bridgehead atoms. The van der Waals surface area contributed by atoms with Gasteiger partial charge in [-0.3, -0.25) is 13.9 Å². The Morgan fingerprint density at radius 3 is 2.19 bits per heavy atom. The highest BCUT2D eigenvalue weighted by atomic mass is 35.5. The van der Waals surface area contributed by atoms with Gasteiger partial charge in [0, 0.05) is 29.1 Å². The number of aryl methyl sites for hydroxylation is 2. The van der Waals surface area contributed by atoms with Crippen LogP contribution in [-0.2, 0) is 32.6 Å². The number of carbonyl (C=O) groups excluding carboxylic acids is 2. The summed E-state index contributed by atoms with van der Waals surface area (Å²) in [5.41, 5.74) is 3.37.